The van der Waals surface area contributed by atoms with Crippen molar-refractivity contribution in [3.05, 3.63) is 0 Å². The van der Waals surface area contributed by atoms with Crippen molar-refractivity contribution < 1.29 is 0 Å². The molecule has 3 fully saturated rings. The average Bonchev–Trinajstić information content (AvgIpc) is 2.72. The van der Waals surface area contributed by atoms with Gasteiger partial charge in [-0.1, -0.05) is 19.8 Å². The topological polar surface area (TPSA) is 15.3 Å². The van der Waals surface area contributed by atoms with E-state index in [9.17, 15) is 0 Å². The van der Waals surface area contributed by atoms with Gasteiger partial charge in [-0.3, -0.25) is 4.90 Å². The molecule has 2 nitrogen and oxygen atoms in total. The molecule has 1 saturated carbocycles. The van der Waals surface area contributed by atoms with Gasteiger partial charge in [-0.2, -0.15) is 0 Å². The van der Waals surface area contributed by atoms with E-state index in [0.29, 0.717) is 0 Å². The van der Waals surface area contributed by atoms with Crippen LogP contribution >= 0.6 is 0 Å². The molecule has 2 heteroatoms. The van der Waals surface area contributed by atoms with Crippen LogP contribution in [0.2, 0.25) is 0 Å². The standard InChI is InChI=1S/C14H26N2/c1-11-8-13(10-15-9-11)16-7-6-12-4-2-3-5-14(12)16/h11-15H,2-10H2,1H3. The van der Waals surface area contributed by atoms with E-state index in [1.807, 2.05) is 0 Å². The van der Waals surface area contributed by atoms with Gasteiger partial charge in [0.15, 0.2) is 0 Å². The van der Waals surface area contributed by atoms with Gasteiger partial charge in [0.25, 0.3) is 0 Å². The molecule has 0 spiro atoms. The Labute approximate surface area is 99.8 Å². The fourth-order valence-corrected chi connectivity index (χ4v) is 4.28. The summed E-state index contributed by atoms with van der Waals surface area (Å²) >= 11 is 0. The quantitative estimate of drug-likeness (QED) is 0.732. The lowest BCUT2D eigenvalue weighted by molar-refractivity contribution is 0.101. The van der Waals surface area contributed by atoms with Crippen molar-refractivity contribution in [3.8, 4) is 0 Å². The molecule has 16 heavy (non-hydrogen) atoms. The van der Waals surface area contributed by atoms with Crippen molar-refractivity contribution in [2.45, 2.75) is 57.5 Å². The van der Waals surface area contributed by atoms with E-state index in [-0.39, 0.29) is 0 Å². The Hall–Kier alpha value is -0.0800. The van der Waals surface area contributed by atoms with E-state index in [4.69, 9.17) is 0 Å². The van der Waals surface area contributed by atoms with E-state index >= 15 is 0 Å². The van der Waals surface area contributed by atoms with Gasteiger partial charge in [0.1, 0.15) is 0 Å². The monoisotopic (exact) mass is 222 g/mol. The highest BCUT2D eigenvalue weighted by atomic mass is 15.2. The van der Waals surface area contributed by atoms with E-state index in [1.54, 1.807) is 0 Å². The van der Waals surface area contributed by atoms with Crippen molar-refractivity contribution in [3.63, 3.8) is 0 Å². The second-order valence-electron chi connectivity index (χ2n) is 6.29. The van der Waals surface area contributed by atoms with Gasteiger partial charge in [-0.25, -0.2) is 0 Å². The molecule has 0 aromatic heterocycles. The number of likely N-dealkylation sites (tertiary alicyclic amines) is 1. The lowest BCUT2D eigenvalue weighted by Crippen LogP contribution is -2.51. The van der Waals surface area contributed by atoms with Crippen molar-refractivity contribution >= 4 is 0 Å². The van der Waals surface area contributed by atoms with Crippen molar-refractivity contribution in [1.82, 2.24) is 10.2 Å². The first kappa shape index (κ1) is 11.0. The molecule has 0 aromatic rings. The first-order valence-electron chi connectivity index (χ1n) is 7.31. The zero-order chi connectivity index (χ0) is 11.0. The highest BCUT2D eigenvalue weighted by Gasteiger charge is 2.39. The zero-order valence-electron chi connectivity index (χ0n) is 10.6. The Kier molecular flexibility index (Phi) is 3.21. The number of nitrogens with zero attached hydrogens (tertiary/aromatic N) is 1. The van der Waals surface area contributed by atoms with Crippen molar-refractivity contribution in [2.75, 3.05) is 19.6 Å². The third-order valence-electron chi connectivity index (χ3n) is 5.07. The second-order valence-corrected chi connectivity index (χ2v) is 6.29. The smallest absolute Gasteiger partial charge is 0.0226 e. The third kappa shape index (κ3) is 2.02. The number of hydrogen-bond donors (Lipinski definition) is 1. The van der Waals surface area contributed by atoms with E-state index in [1.165, 1.54) is 58.2 Å². The fourth-order valence-electron chi connectivity index (χ4n) is 4.28. The summed E-state index contributed by atoms with van der Waals surface area (Å²) in [6.07, 6.45) is 8.87. The summed E-state index contributed by atoms with van der Waals surface area (Å²) in [7, 11) is 0. The van der Waals surface area contributed by atoms with E-state index in [2.05, 4.69) is 17.1 Å². The van der Waals surface area contributed by atoms with Crippen LogP contribution in [0.1, 0.15) is 45.4 Å². The molecule has 3 aliphatic rings. The SMILES string of the molecule is CC1CNCC(N2CCC3CCCCC32)C1. The predicted octanol–water partition coefficient (Wildman–Crippen LogP) is 2.25. The number of piperidine rings is 1. The maximum Gasteiger partial charge on any atom is 0.0226 e. The largest absolute Gasteiger partial charge is 0.315 e. The van der Waals surface area contributed by atoms with Crippen molar-refractivity contribution in [1.29, 1.82) is 0 Å². The molecule has 0 aromatic carbocycles. The molecule has 92 valence electrons. The van der Waals surface area contributed by atoms with Crippen LogP contribution in [0.15, 0.2) is 0 Å². The first-order chi connectivity index (χ1) is 7.84. The molecular formula is C14H26N2. The Morgan fingerprint density at radius 2 is 1.94 bits per heavy atom. The molecule has 0 radical (unpaired) electrons. The van der Waals surface area contributed by atoms with Crippen LogP contribution in [0.5, 0.6) is 0 Å². The normalized spacial score (nSPS) is 45.6. The maximum absolute atomic E-state index is 3.62. The first-order valence-corrected chi connectivity index (χ1v) is 7.31. The molecule has 2 saturated heterocycles. The van der Waals surface area contributed by atoms with Gasteiger partial charge in [0.05, 0.1) is 0 Å². The summed E-state index contributed by atoms with van der Waals surface area (Å²) < 4.78 is 0. The van der Waals surface area contributed by atoms with Gasteiger partial charge in [-0.05, 0) is 50.6 Å². The summed E-state index contributed by atoms with van der Waals surface area (Å²) in [6, 6.07) is 1.79. The predicted molar refractivity (Wildman–Crippen MR) is 67.5 cm³/mol. The summed E-state index contributed by atoms with van der Waals surface area (Å²) in [5.74, 6) is 1.92. The molecule has 0 amide bonds. The second kappa shape index (κ2) is 4.66. The van der Waals surface area contributed by atoms with E-state index < -0.39 is 0 Å². The summed E-state index contributed by atoms with van der Waals surface area (Å²) in [6.45, 7) is 6.26. The fraction of sp³-hybridized carbons (Fsp3) is 1.00. The van der Waals surface area contributed by atoms with Crippen molar-refractivity contribution in [2.24, 2.45) is 11.8 Å². The minimum Gasteiger partial charge on any atom is -0.315 e. The molecule has 0 bridgehead atoms. The molecular weight excluding hydrogens is 196 g/mol. The average molecular weight is 222 g/mol. The molecule has 2 aliphatic heterocycles. The van der Waals surface area contributed by atoms with Crippen LogP contribution in [0, 0.1) is 11.8 Å². The van der Waals surface area contributed by atoms with Gasteiger partial charge in [0.2, 0.25) is 0 Å². The molecule has 4 unspecified atom stereocenters. The van der Waals surface area contributed by atoms with Crippen LogP contribution < -0.4 is 5.32 Å². The van der Waals surface area contributed by atoms with Crippen LogP contribution in [-0.2, 0) is 0 Å². The Balaban J connectivity index is 1.65. The number of fused-ring (bicyclic) bond motifs is 1. The lowest BCUT2D eigenvalue weighted by atomic mass is 9.84. The number of hydrogen-bond acceptors (Lipinski definition) is 2. The van der Waals surface area contributed by atoms with E-state index in [0.717, 1.165) is 23.9 Å². The number of rotatable bonds is 1. The highest BCUT2D eigenvalue weighted by Crippen LogP contribution is 2.38. The summed E-state index contributed by atoms with van der Waals surface area (Å²) in [4.78, 5) is 2.87. The maximum atomic E-state index is 3.62. The summed E-state index contributed by atoms with van der Waals surface area (Å²) in [5, 5.41) is 3.62. The molecule has 3 rings (SSSR count). The molecule has 2 heterocycles. The minimum atomic E-state index is 0.844. The Bertz CT molecular complexity index is 241. The Morgan fingerprint density at radius 3 is 2.81 bits per heavy atom. The van der Waals surface area contributed by atoms with Crippen LogP contribution in [0.4, 0.5) is 0 Å². The number of nitrogens with one attached hydrogen (secondary N) is 1. The van der Waals surface area contributed by atoms with Crippen LogP contribution in [0.25, 0.3) is 0 Å². The van der Waals surface area contributed by atoms with Gasteiger partial charge >= 0.3 is 0 Å². The zero-order valence-corrected chi connectivity index (χ0v) is 10.6. The van der Waals surface area contributed by atoms with Gasteiger partial charge in [0, 0.05) is 18.6 Å². The van der Waals surface area contributed by atoms with Gasteiger partial charge < -0.3 is 5.32 Å². The van der Waals surface area contributed by atoms with Gasteiger partial charge in [-0.15, -0.1) is 0 Å². The Morgan fingerprint density at radius 1 is 1.06 bits per heavy atom. The van der Waals surface area contributed by atoms with Crippen LogP contribution in [0.3, 0.4) is 0 Å². The minimum absolute atomic E-state index is 0.844. The molecule has 4 atom stereocenters. The third-order valence-corrected chi connectivity index (χ3v) is 5.07. The molecule has 1 N–H and O–H groups in total. The molecule has 1 aliphatic carbocycles. The highest BCUT2D eigenvalue weighted by molar-refractivity contribution is 4.95. The summed E-state index contributed by atoms with van der Waals surface area (Å²) in [5.41, 5.74) is 0. The van der Waals surface area contributed by atoms with Crippen LogP contribution in [-0.4, -0.2) is 36.6 Å². The lowest BCUT2D eigenvalue weighted by Gasteiger charge is -2.40.